The Bertz CT molecular complexity index is 652. The van der Waals surface area contributed by atoms with Gasteiger partial charge in [-0.1, -0.05) is 0 Å². The van der Waals surface area contributed by atoms with Crippen molar-refractivity contribution in [2.24, 2.45) is 0 Å². The average Bonchev–Trinajstić information content (AvgIpc) is 3.15. The van der Waals surface area contributed by atoms with Gasteiger partial charge < -0.3 is 5.32 Å². The highest BCUT2D eigenvalue weighted by molar-refractivity contribution is 7.13. The molecule has 2 aliphatic rings. The van der Waals surface area contributed by atoms with Crippen LogP contribution in [0.3, 0.4) is 0 Å². The van der Waals surface area contributed by atoms with Crippen LogP contribution in [0.5, 0.6) is 0 Å². The van der Waals surface area contributed by atoms with Gasteiger partial charge in [0.1, 0.15) is 0 Å². The van der Waals surface area contributed by atoms with Crippen LogP contribution in [-0.4, -0.2) is 17.1 Å². The van der Waals surface area contributed by atoms with E-state index in [1.165, 1.54) is 30.4 Å². The first-order chi connectivity index (χ1) is 9.70. The van der Waals surface area contributed by atoms with Crippen molar-refractivity contribution in [1.82, 2.24) is 10.3 Å². The SMILES string of the molecule is Cc1csc(-c2cc(C3CC4CCC3N4)cnc2F)c1. The van der Waals surface area contributed by atoms with Crippen LogP contribution in [0.2, 0.25) is 0 Å². The quantitative estimate of drug-likeness (QED) is 0.849. The number of pyridine rings is 1. The zero-order chi connectivity index (χ0) is 13.7. The minimum Gasteiger partial charge on any atom is -0.311 e. The standard InChI is InChI=1S/C16H17FN2S/c1-9-4-15(20-8-9)13-5-10(7-18-16(13)17)12-6-11-2-3-14(12)19-11/h4-5,7-8,11-12,14,19H,2-3,6H2,1H3. The lowest BCUT2D eigenvalue weighted by Gasteiger charge is -2.20. The molecule has 0 saturated carbocycles. The Morgan fingerprint density at radius 1 is 1.35 bits per heavy atom. The number of hydrogen-bond acceptors (Lipinski definition) is 3. The summed E-state index contributed by atoms with van der Waals surface area (Å²) in [6.07, 6.45) is 5.42. The first-order valence-electron chi connectivity index (χ1n) is 7.18. The number of hydrogen-bond donors (Lipinski definition) is 1. The van der Waals surface area contributed by atoms with Gasteiger partial charge >= 0.3 is 0 Å². The Kier molecular flexibility index (Phi) is 2.89. The second kappa shape index (κ2) is 4.64. The van der Waals surface area contributed by atoms with E-state index in [1.807, 2.05) is 19.1 Å². The molecule has 2 aromatic heterocycles. The molecule has 0 radical (unpaired) electrons. The number of thiophene rings is 1. The molecule has 104 valence electrons. The number of aromatic nitrogens is 1. The van der Waals surface area contributed by atoms with E-state index < -0.39 is 0 Å². The highest BCUT2D eigenvalue weighted by Gasteiger charge is 2.40. The maximum Gasteiger partial charge on any atom is 0.221 e. The Morgan fingerprint density at radius 2 is 2.25 bits per heavy atom. The molecule has 0 amide bonds. The minimum absolute atomic E-state index is 0.355. The molecule has 2 saturated heterocycles. The van der Waals surface area contributed by atoms with Crippen LogP contribution in [0.4, 0.5) is 4.39 Å². The van der Waals surface area contributed by atoms with E-state index in [1.54, 1.807) is 17.5 Å². The molecule has 0 spiro atoms. The van der Waals surface area contributed by atoms with Gasteiger partial charge in [0.25, 0.3) is 0 Å². The molecule has 2 aromatic rings. The number of aryl methyl sites for hydroxylation is 1. The predicted molar refractivity (Wildman–Crippen MR) is 79.5 cm³/mol. The van der Waals surface area contributed by atoms with Crippen LogP contribution in [0.25, 0.3) is 10.4 Å². The Balaban J connectivity index is 1.72. The summed E-state index contributed by atoms with van der Waals surface area (Å²) in [5.41, 5.74) is 3.02. The molecule has 0 aliphatic carbocycles. The van der Waals surface area contributed by atoms with Crippen LogP contribution in [0, 0.1) is 12.9 Å². The molecule has 2 fully saturated rings. The second-order valence-corrected chi connectivity index (χ2v) is 6.90. The van der Waals surface area contributed by atoms with Gasteiger partial charge in [-0.2, -0.15) is 4.39 Å². The third-order valence-electron chi connectivity index (χ3n) is 4.58. The molecular weight excluding hydrogens is 271 g/mol. The third-order valence-corrected chi connectivity index (χ3v) is 5.67. The summed E-state index contributed by atoms with van der Waals surface area (Å²) >= 11 is 1.59. The lowest BCUT2D eigenvalue weighted by Crippen LogP contribution is -2.21. The van der Waals surface area contributed by atoms with Crippen LogP contribution >= 0.6 is 11.3 Å². The lowest BCUT2D eigenvalue weighted by molar-refractivity contribution is 0.502. The van der Waals surface area contributed by atoms with E-state index >= 15 is 0 Å². The van der Waals surface area contributed by atoms with Gasteiger partial charge in [-0.15, -0.1) is 11.3 Å². The van der Waals surface area contributed by atoms with Crippen molar-refractivity contribution >= 4 is 11.3 Å². The zero-order valence-electron chi connectivity index (χ0n) is 11.4. The first kappa shape index (κ1) is 12.5. The molecular formula is C16H17FN2S. The van der Waals surface area contributed by atoms with Crippen molar-refractivity contribution in [3.63, 3.8) is 0 Å². The zero-order valence-corrected chi connectivity index (χ0v) is 12.2. The molecule has 2 nitrogen and oxygen atoms in total. The van der Waals surface area contributed by atoms with Crippen molar-refractivity contribution in [2.75, 3.05) is 0 Å². The number of nitrogens with one attached hydrogen (secondary N) is 1. The van der Waals surface area contributed by atoms with Gasteiger partial charge in [0.2, 0.25) is 5.95 Å². The largest absolute Gasteiger partial charge is 0.311 e. The average molecular weight is 288 g/mol. The summed E-state index contributed by atoms with van der Waals surface area (Å²) in [6.45, 7) is 2.04. The fourth-order valence-electron chi connectivity index (χ4n) is 3.60. The molecule has 1 N–H and O–H groups in total. The Morgan fingerprint density at radius 3 is 2.90 bits per heavy atom. The smallest absolute Gasteiger partial charge is 0.221 e. The van der Waals surface area contributed by atoms with Crippen molar-refractivity contribution in [3.05, 3.63) is 40.8 Å². The maximum absolute atomic E-state index is 14.0. The lowest BCUT2D eigenvalue weighted by atomic mass is 9.84. The number of halogens is 1. The molecule has 4 heterocycles. The van der Waals surface area contributed by atoms with E-state index in [9.17, 15) is 4.39 Å². The Labute approximate surface area is 122 Å². The fourth-order valence-corrected chi connectivity index (χ4v) is 4.51. The predicted octanol–water partition coefficient (Wildman–Crippen LogP) is 3.87. The van der Waals surface area contributed by atoms with E-state index in [-0.39, 0.29) is 5.95 Å². The van der Waals surface area contributed by atoms with E-state index in [2.05, 4.69) is 15.7 Å². The van der Waals surface area contributed by atoms with Crippen molar-refractivity contribution in [1.29, 1.82) is 0 Å². The van der Waals surface area contributed by atoms with Crippen molar-refractivity contribution < 1.29 is 4.39 Å². The van der Waals surface area contributed by atoms with E-state index in [4.69, 9.17) is 0 Å². The molecule has 0 aromatic carbocycles. The summed E-state index contributed by atoms with van der Waals surface area (Å²) in [5, 5.41) is 5.69. The molecule has 4 heteroatoms. The maximum atomic E-state index is 14.0. The number of nitrogens with zero attached hydrogens (tertiary/aromatic N) is 1. The van der Waals surface area contributed by atoms with Gasteiger partial charge in [0, 0.05) is 34.6 Å². The normalized spacial score (nSPS) is 28.2. The topological polar surface area (TPSA) is 24.9 Å². The van der Waals surface area contributed by atoms with Crippen LogP contribution in [0.1, 0.15) is 36.3 Å². The van der Waals surface area contributed by atoms with Gasteiger partial charge in [0.15, 0.2) is 0 Å². The summed E-state index contributed by atoms with van der Waals surface area (Å²) in [6, 6.07) is 5.27. The second-order valence-electron chi connectivity index (χ2n) is 5.98. The van der Waals surface area contributed by atoms with Crippen molar-refractivity contribution in [2.45, 2.75) is 44.2 Å². The Hall–Kier alpha value is -1.26. The molecule has 4 rings (SSSR count). The van der Waals surface area contributed by atoms with Gasteiger partial charge in [-0.3, -0.25) is 0 Å². The number of fused-ring (bicyclic) bond motifs is 2. The first-order valence-corrected chi connectivity index (χ1v) is 8.05. The fraction of sp³-hybridized carbons (Fsp3) is 0.438. The third kappa shape index (κ3) is 1.98. The summed E-state index contributed by atoms with van der Waals surface area (Å²) in [4.78, 5) is 4.98. The molecule has 3 atom stereocenters. The summed E-state index contributed by atoms with van der Waals surface area (Å²) < 4.78 is 14.0. The van der Waals surface area contributed by atoms with E-state index in [0.717, 1.165) is 4.88 Å². The highest BCUT2D eigenvalue weighted by Crippen LogP contribution is 2.41. The minimum atomic E-state index is -0.355. The summed E-state index contributed by atoms with van der Waals surface area (Å²) in [7, 11) is 0. The molecule has 2 bridgehead atoms. The van der Waals surface area contributed by atoms with Gasteiger partial charge in [-0.05, 0) is 54.8 Å². The van der Waals surface area contributed by atoms with Gasteiger partial charge in [-0.25, -0.2) is 4.98 Å². The van der Waals surface area contributed by atoms with Crippen molar-refractivity contribution in [3.8, 4) is 10.4 Å². The molecule has 20 heavy (non-hydrogen) atoms. The van der Waals surface area contributed by atoms with Crippen LogP contribution in [-0.2, 0) is 0 Å². The van der Waals surface area contributed by atoms with Gasteiger partial charge in [0.05, 0.1) is 0 Å². The van der Waals surface area contributed by atoms with Crippen LogP contribution in [0.15, 0.2) is 23.7 Å². The number of rotatable bonds is 2. The van der Waals surface area contributed by atoms with E-state index in [0.29, 0.717) is 23.6 Å². The summed E-state index contributed by atoms with van der Waals surface area (Å²) in [5.74, 6) is 0.147. The monoisotopic (exact) mass is 288 g/mol. The molecule has 3 unspecified atom stereocenters. The molecule has 2 aliphatic heterocycles. The van der Waals surface area contributed by atoms with Crippen LogP contribution < -0.4 is 5.32 Å². The highest BCUT2D eigenvalue weighted by atomic mass is 32.1.